The first-order valence-corrected chi connectivity index (χ1v) is 15.0. The molecule has 0 aromatic heterocycles. The lowest BCUT2D eigenvalue weighted by Gasteiger charge is -2.32. The molecule has 9 nitrogen and oxygen atoms in total. The second-order valence-electron chi connectivity index (χ2n) is 10.7. The summed E-state index contributed by atoms with van der Waals surface area (Å²) in [4.78, 5) is 28.3. The van der Waals surface area contributed by atoms with Crippen molar-refractivity contribution in [1.82, 2.24) is 19.8 Å². The summed E-state index contributed by atoms with van der Waals surface area (Å²) in [5, 5.41) is 15.2. The van der Waals surface area contributed by atoms with Crippen LogP contribution in [0.3, 0.4) is 0 Å². The van der Waals surface area contributed by atoms with E-state index in [0.717, 1.165) is 60.6 Å². The van der Waals surface area contributed by atoms with Crippen molar-refractivity contribution in [2.75, 3.05) is 13.2 Å². The van der Waals surface area contributed by atoms with Crippen LogP contribution in [0, 0.1) is 6.92 Å². The van der Waals surface area contributed by atoms with Crippen molar-refractivity contribution < 1.29 is 23.1 Å². The normalized spacial score (nSPS) is 23.4. The molecule has 1 aliphatic carbocycles. The van der Waals surface area contributed by atoms with Gasteiger partial charge in [0.2, 0.25) is 11.8 Å². The SMILES string of the molecule is Cc1ccc(S(=O)(=O)N2C=CNC(=O)[C@H]2CC(=O)N[C@@H]2CCCc3cc(CN4CCC[C@@H]4CO)ccc32)cc1. The summed E-state index contributed by atoms with van der Waals surface area (Å²) in [7, 11) is -4.02. The molecule has 3 N–H and O–H groups in total. The molecule has 0 saturated carbocycles. The van der Waals surface area contributed by atoms with Gasteiger partial charge in [0.15, 0.2) is 0 Å². The van der Waals surface area contributed by atoms with Crippen LogP contribution in [0.2, 0.25) is 0 Å². The van der Waals surface area contributed by atoms with Crippen LogP contribution in [0.1, 0.15) is 60.4 Å². The molecule has 0 radical (unpaired) electrons. The van der Waals surface area contributed by atoms with Gasteiger partial charge in [-0.25, -0.2) is 8.42 Å². The third-order valence-electron chi connectivity index (χ3n) is 7.98. The van der Waals surface area contributed by atoms with E-state index in [0.29, 0.717) is 0 Å². The summed E-state index contributed by atoms with van der Waals surface area (Å²) in [6.07, 6.45) is 7.04. The standard InChI is InChI=1S/C29H36N4O5S/c1-20-7-10-24(11-8-20)39(37,38)33-15-13-30-29(36)27(33)17-28(35)31-26-6-2-4-22-16-21(9-12-25(22)26)18-32-14-3-5-23(32)19-34/h7-13,15-16,23,26-27,34H,2-6,14,17-19H2,1H3,(H,30,36)(H,31,35)/t23-,26-,27-/m1/s1. The predicted molar refractivity (Wildman–Crippen MR) is 147 cm³/mol. The molecule has 5 rings (SSSR count). The Kier molecular flexibility index (Phi) is 8.06. The fraction of sp³-hybridized carbons (Fsp3) is 0.448. The highest BCUT2D eigenvalue weighted by Crippen LogP contribution is 2.32. The van der Waals surface area contributed by atoms with Gasteiger partial charge in [0.1, 0.15) is 6.04 Å². The number of aryl methyl sites for hydroxylation is 2. The highest BCUT2D eigenvalue weighted by atomic mass is 32.2. The predicted octanol–water partition coefficient (Wildman–Crippen LogP) is 2.50. The largest absolute Gasteiger partial charge is 0.395 e. The molecule has 0 bridgehead atoms. The van der Waals surface area contributed by atoms with Gasteiger partial charge in [-0.05, 0) is 74.4 Å². The number of nitrogens with one attached hydrogen (secondary N) is 2. The fourth-order valence-corrected chi connectivity index (χ4v) is 7.31. The molecule has 39 heavy (non-hydrogen) atoms. The first-order valence-electron chi connectivity index (χ1n) is 13.6. The Morgan fingerprint density at radius 2 is 1.92 bits per heavy atom. The van der Waals surface area contributed by atoms with Crippen LogP contribution in [0.5, 0.6) is 0 Å². The van der Waals surface area contributed by atoms with E-state index < -0.39 is 22.0 Å². The van der Waals surface area contributed by atoms with Crippen molar-refractivity contribution in [2.45, 2.75) is 75.0 Å². The molecule has 0 unspecified atom stereocenters. The van der Waals surface area contributed by atoms with Gasteiger partial charge in [0.05, 0.1) is 24.0 Å². The number of carbonyl (C=O) groups excluding carboxylic acids is 2. The van der Waals surface area contributed by atoms with E-state index in [-0.39, 0.29) is 35.9 Å². The summed E-state index contributed by atoms with van der Waals surface area (Å²) >= 11 is 0. The van der Waals surface area contributed by atoms with Crippen molar-refractivity contribution in [2.24, 2.45) is 0 Å². The van der Waals surface area contributed by atoms with Crippen LogP contribution >= 0.6 is 0 Å². The first-order chi connectivity index (χ1) is 18.8. The van der Waals surface area contributed by atoms with Crippen LogP contribution in [-0.2, 0) is 32.6 Å². The monoisotopic (exact) mass is 552 g/mol. The van der Waals surface area contributed by atoms with E-state index in [1.165, 1.54) is 35.7 Å². The maximum atomic E-state index is 13.3. The molecule has 10 heteroatoms. The van der Waals surface area contributed by atoms with E-state index in [9.17, 15) is 23.1 Å². The van der Waals surface area contributed by atoms with Gasteiger partial charge in [-0.2, -0.15) is 0 Å². The lowest BCUT2D eigenvalue weighted by atomic mass is 9.86. The smallest absolute Gasteiger partial charge is 0.264 e. The molecule has 3 aliphatic rings. The topological polar surface area (TPSA) is 119 Å². The molecule has 3 atom stereocenters. The Morgan fingerprint density at radius 1 is 1.13 bits per heavy atom. The second-order valence-corrected chi connectivity index (χ2v) is 12.5. The molecule has 2 aromatic carbocycles. The number of nitrogens with zero attached hydrogens (tertiary/aromatic N) is 2. The molecule has 208 valence electrons. The summed E-state index contributed by atoms with van der Waals surface area (Å²) < 4.78 is 27.6. The molecule has 1 saturated heterocycles. The Morgan fingerprint density at radius 3 is 2.69 bits per heavy atom. The lowest BCUT2D eigenvalue weighted by molar-refractivity contribution is -0.129. The van der Waals surface area contributed by atoms with Crippen molar-refractivity contribution >= 4 is 21.8 Å². The molecular weight excluding hydrogens is 516 g/mol. The van der Waals surface area contributed by atoms with Gasteiger partial charge in [0, 0.05) is 25.0 Å². The zero-order valence-corrected chi connectivity index (χ0v) is 23.0. The number of carbonyl (C=O) groups is 2. The fourth-order valence-electron chi connectivity index (χ4n) is 5.86. The zero-order chi connectivity index (χ0) is 27.6. The molecular formula is C29H36N4O5S. The van der Waals surface area contributed by atoms with E-state index in [2.05, 4.69) is 33.7 Å². The van der Waals surface area contributed by atoms with Crippen LogP contribution in [0.15, 0.2) is 59.8 Å². The average Bonchev–Trinajstić information content (AvgIpc) is 3.37. The summed E-state index contributed by atoms with van der Waals surface area (Å²) in [6.45, 7) is 3.83. The summed E-state index contributed by atoms with van der Waals surface area (Å²) in [5.41, 5.74) is 4.38. The Hall–Kier alpha value is -3.21. The van der Waals surface area contributed by atoms with Crippen molar-refractivity contribution in [3.63, 3.8) is 0 Å². The Labute approximate surface area is 229 Å². The van der Waals surface area contributed by atoms with Crippen molar-refractivity contribution in [3.8, 4) is 0 Å². The van der Waals surface area contributed by atoms with E-state index in [1.807, 2.05) is 6.92 Å². The summed E-state index contributed by atoms with van der Waals surface area (Å²) in [6, 6.07) is 11.6. The van der Waals surface area contributed by atoms with Crippen LogP contribution in [0.25, 0.3) is 0 Å². The number of likely N-dealkylation sites (tertiary alicyclic amines) is 1. The van der Waals surface area contributed by atoms with Crippen LogP contribution in [0.4, 0.5) is 0 Å². The number of aliphatic hydroxyl groups excluding tert-OH is 1. The van der Waals surface area contributed by atoms with Gasteiger partial charge in [0.25, 0.3) is 10.0 Å². The van der Waals surface area contributed by atoms with Gasteiger partial charge >= 0.3 is 0 Å². The Bertz CT molecular complexity index is 1360. The van der Waals surface area contributed by atoms with Crippen molar-refractivity contribution in [3.05, 3.63) is 77.1 Å². The number of amides is 2. The van der Waals surface area contributed by atoms with Crippen LogP contribution < -0.4 is 10.6 Å². The minimum absolute atomic E-state index is 0.0640. The first kappa shape index (κ1) is 27.4. The van der Waals surface area contributed by atoms with E-state index in [4.69, 9.17) is 0 Å². The number of benzene rings is 2. The second kappa shape index (κ2) is 11.5. The van der Waals surface area contributed by atoms with Gasteiger partial charge in [-0.1, -0.05) is 35.9 Å². The number of rotatable bonds is 8. The number of fused-ring (bicyclic) bond motifs is 1. The summed E-state index contributed by atoms with van der Waals surface area (Å²) in [5.74, 6) is -0.917. The molecule has 2 aliphatic heterocycles. The highest BCUT2D eigenvalue weighted by molar-refractivity contribution is 7.89. The number of sulfonamides is 1. The minimum Gasteiger partial charge on any atom is -0.395 e. The van der Waals surface area contributed by atoms with Gasteiger partial charge in [-0.3, -0.25) is 18.8 Å². The highest BCUT2D eigenvalue weighted by Gasteiger charge is 2.37. The molecule has 2 amide bonds. The quantitative estimate of drug-likeness (QED) is 0.463. The van der Waals surface area contributed by atoms with E-state index in [1.54, 1.807) is 12.1 Å². The Balaban J connectivity index is 1.28. The van der Waals surface area contributed by atoms with Gasteiger partial charge < -0.3 is 15.7 Å². The number of hydrogen-bond donors (Lipinski definition) is 3. The number of aliphatic hydroxyl groups is 1. The van der Waals surface area contributed by atoms with Crippen molar-refractivity contribution in [1.29, 1.82) is 0 Å². The molecule has 0 spiro atoms. The minimum atomic E-state index is -4.02. The molecule has 1 fully saturated rings. The maximum absolute atomic E-state index is 13.3. The van der Waals surface area contributed by atoms with Crippen LogP contribution in [-0.4, -0.2) is 59.8 Å². The molecule has 2 heterocycles. The number of hydrogen-bond acceptors (Lipinski definition) is 6. The third kappa shape index (κ3) is 5.88. The zero-order valence-electron chi connectivity index (χ0n) is 22.2. The third-order valence-corrected chi connectivity index (χ3v) is 9.78. The molecule has 2 aromatic rings. The van der Waals surface area contributed by atoms with E-state index >= 15 is 0 Å². The van der Waals surface area contributed by atoms with Gasteiger partial charge in [-0.15, -0.1) is 0 Å². The lowest BCUT2D eigenvalue weighted by Crippen LogP contribution is -2.51. The average molecular weight is 553 g/mol. The maximum Gasteiger partial charge on any atom is 0.264 e.